The summed E-state index contributed by atoms with van der Waals surface area (Å²) in [4.78, 5) is 18.7. The number of amides is 1. The second-order valence-corrected chi connectivity index (χ2v) is 5.82. The average molecular weight is 310 g/mol. The van der Waals surface area contributed by atoms with Gasteiger partial charge in [0.05, 0.1) is 5.56 Å². The highest BCUT2D eigenvalue weighted by Crippen LogP contribution is 2.20. The Labute approximate surface area is 136 Å². The SMILES string of the molecule is CN(c1ccccc1)c1ccc(C(=O)NC2CCCNC2)cn1. The van der Waals surface area contributed by atoms with Gasteiger partial charge in [-0.1, -0.05) is 18.2 Å². The quantitative estimate of drug-likeness (QED) is 0.910. The van der Waals surface area contributed by atoms with E-state index in [0.717, 1.165) is 37.4 Å². The van der Waals surface area contributed by atoms with E-state index >= 15 is 0 Å². The van der Waals surface area contributed by atoms with Crippen molar-refractivity contribution in [2.45, 2.75) is 18.9 Å². The van der Waals surface area contributed by atoms with Crippen LogP contribution in [0, 0.1) is 0 Å². The molecule has 5 nitrogen and oxygen atoms in total. The molecule has 1 unspecified atom stereocenters. The molecule has 2 aromatic rings. The van der Waals surface area contributed by atoms with E-state index < -0.39 is 0 Å². The lowest BCUT2D eigenvalue weighted by Gasteiger charge is -2.24. The van der Waals surface area contributed by atoms with Gasteiger partial charge in [-0.3, -0.25) is 4.79 Å². The summed E-state index contributed by atoms with van der Waals surface area (Å²) >= 11 is 0. The Hall–Kier alpha value is -2.40. The topological polar surface area (TPSA) is 57.3 Å². The maximum Gasteiger partial charge on any atom is 0.253 e. The van der Waals surface area contributed by atoms with Crippen LogP contribution in [-0.2, 0) is 0 Å². The lowest BCUT2D eigenvalue weighted by atomic mass is 10.1. The van der Waals surface area contributed by atoms with Crippen molar-refractivity contribution in [3.63, 3.8) is 0 Å². The molecule has 23 heavy (non-hydrogen) atoms. The summed E-state index contributed by atoms with van der Waals surface area (Å²) in [6, 6.07) is 13.9. The van der Waals surface area contributed by atoms with Crippen LogP contribution >= 0.6 is 0 Å². The number of pyridine rings is 1. The molecule has 1 aliphatic rings. The van der Waals surface area contributed by atoms with Gasteiger partial charge in [-0.2, -0.15) is 0 Å². The molecule has 0 aliphatic carbocycles. The number of hydrogen-bond donors (Lipinski definition) is 2. The van der Waals surface area contributed by atoms with Gasteiger partial charge in [0.2, 0.25) is 0 Å². The molecule has 1 atom stereocenters. The first-order chi connectivity index (χ1) is 11.2. The van der Waals surface area contributed by atoms with Crippen LogP contribution in [0.5, 0.6) is 0 Å². The third-order valence-corrected chi connectivity index (χ3v) is 4.13. The number of rotatable bonds is 4. The number of carbonyl (C=O) groups is 1. The van der Waals surface area contributed by atoms with Gasteiger partial charge in [0.1, 0.15) is 5.82 Å². The predicted molar refractivity (Wildman–Crippen MR) is 92.1 cm³/mol. The minimum Gasteiger partial charge on any atom is -0.348 e. The second-order valence-electron chi connectivity index (χ2n) is 5.82. The van der Waals surface area contributed by atoms with Crippen molar-refractivity contribution >= 4 is 17.4 Å². The number of aromatic nitrogens is 1. The van der Waals surface area contributed by atoms with Gasteiger partial charge >= 0.3 is 0 Å². The van der Waals surface area contributed by atoms with E-state index in [-0.39, 0.29) is 11.9 Å². The Kier molecular flexibility index (Phi) is 4.88. The molecule has 0 spiro atoms. The van der Waals surface area contributed by atoms with Gasteiger partial charge < -0.3 is 15.5 Å². The van der Waals surface area contributed by atoms with Crippen LogP contribution in [0.3, 0.4) is 0 Å². The summed E-state index contributed by atoms with van der Waals surface area (Å²) in [5.74, 6) is 0.757. The van der Waals surface area contributed by atoms with Crippen LogP contribution < -0.4 is 15.5 Å². The molecular formula is C18H22N4O. The Balaban J connectivity index is 1.65. The van der Waals surface area contributed by atoms with Crippen LogP contribution in [0.4, 0.5) is 11.5 Å². The Morgan fingerprint density at radius 3 is 2.74 bits per heavy atom. The predicted octanol–water partition coefficient (Wildman–Crippen LogP) is 2.33. The Morgan fingerprint density at radius 2 is 2.09 bits per heavy atom. The van der Waals surface area contributed by atoms with E-state index in [9.17, 15) is 4.79 Å². The minimum atomic E-state index is -0.0554. The first-order valence-electron chi connectivity index (χ1n) is 8.00. The maximum atomic E-state index is 12.3. The van der Waals surface area contributed by atoms with Crippen molar-refractivity contribution in [1.82, 2.24) is 15.6 Å². The molecule has 120 valence electrons. The number of hydrogen-bond acceptors (Lipinski definition) is 4. The van der Waals surface area contributed by atoms with Gasteiger partial charge in [0.15, 0.2) is 0 Å². The molecular weight excluding hydrogens is 288 g/mol. The highest BCUT2D eigenvalue weighted by atomic mass is 16.1. The van der Waals surface area contributed by atoms with E-state index in [1.807, 2.05) is 54.4 Å². The molecule has 3 rings (SSSR count). The zero-order valence-electron chi connectivity index (χ0n) is 13.3. The summed E-state index contributed by atoms with van der Waals surface area (Å²) in [6.07, 6.45) is 3.77. The fourth-order valence-corrected chi connectivity index (χ4v) is 2.75. The van der Waals surface area contributed by atoms with Gasteiger partial charge in [0.25, 0.3) is 5.91 Å². The highest BCUT2D eigenvalue weighted by Gasteiger charge is 2.16. The first-order valence-corrected chi connectivity index (χ1v) is 8.00. The highest BCUT2D eigenvalue weighted by molar-refractivity contribution is 5.94. The van der Waals surface area contributed by atoms with Crippen molar-refractivity contribution in [2.24, 2.45) is 0 Å². The van der Waals surface area contributed by atoms with E-state index in [1.165, 1.54) is 0 Å². The summed E-state index contributed by atoms with van der Waals surface area (Å²) in [5, 5.41) is 6.36. The molecule has 2 heterocycles. The van der Waals surface area contributed by atoms with Crippen molar-refractivity contribution in [1.29, 1.82) is 0 Å². The summed E-state index contributed by atoms with van der Waals surface area (Å²) in [6.45, 7) is 1.88. The normalized spacial score (nSPS) is 17.5. The first kappa shape index (κ1) is 15.5. The lowest BCUT2D eigenvalue weighted by molar-refractivity contribution is 0.0930. The summed E-state index contributed by atoms with van der Waals surface area (Å²) in [5.41, 5.74) is 1.66. The van der Waals surface area contributed by atoms with Crippen LogP contribution in [0.2, 0.25) is 0 Å². The lowest BCUT2D eigenvalue weighted by Crippen LogP contribution is -2.45. The molecule has 1 amide bonds. The number of anilines is 2. The summed E-state index contributed by atoms with van der Waals surface area (Å²) in [7, 11) is 1.96. The monoisotopic (exact) mass is 310 g/mol. The third-order valence-electron chi connectivity index (χ3n) is 4.13. The number of nitrogens with zero attached hydrogens (tertiary/aromatic N) is 2. The maximum absolute atomic E-state index is 12.3. The number of nitrogens with one attached hydrogen (secondary N) is 2. The molecule has 2 N–H and O–H groups in total. The average Bonchev–Trinajstić information content (AvgIpc) is 2.63. The molecule has 1 saturated heterocycles. The van der Waals surface area contributed by atoms with Crippen molar-refractivity contribution in [3.05, 3.63) is 54.2 Å². The molecule has 0 radical (unpaired) electrons. The third kappa shape index (κ3) is 3.87. The van der Waals surface area contributed by atoms with Gasteiger partial charge in [-0.25, -0.2) is 4.98 Å². The molecule has 1 aliphatic heterocycles. The molecule has 1 aromatic carbocycles. The van der Waals surface area contributed by atoms with Crippen molar-refractivity contribution < 1.29 is 4.79 Å². The van der Waals surface area contributed by atoms with Gasteiger partial charge in [-0.05, 0) is 43.7 Å². The molecule has 0 bridgehead atoms. The zero-order chi connectivity index (χ0) is 16.1. The number of carbonyl (C=O) groups excluding carboxylic acids is 1. The smallest absolute Gasteiger partial charge is 0.253 e. The van der Waals surface area contributed by atoms with Gasteiger partial charge in [-0.15, -0.1) is 0 Å². The zero-order valence-corrected chi connectivity index (χ0v) is 13.3. The standard InChI is InChI=1S/C18H22N4O/c1-22(16-7-3-2-4-8-16)17-10-9-14(12-20-17)18(23)21-15-6-5-11-19-13-15/h2-4,7-10,12,15,19H,5-6,11,13H2,1H3,(H,21,23). The number of piperidine rings is 1. The number of benzene rings is 1. The molecule has 1 fully saturated rings. The van der Waals surface area contributed by atoms with E-state index in [2.05, 4.69) is 15.6 Å². The molecule has 1 aromatic heterocycles. The van der Waals surface area contributed by atoms with Crippen molar-refractivity contribution in [3.8, 4) is 0 Å². The van der Waals surface area contributed by atoms with Gasteiger partial charge in [0, 0.05) is 31.5 Å². The Bertz CT molecular complexity index is 636. The van der Waals surface area contributed by atoms with Crippen LogP contribution in [0.15, 0.2) is 48.7 Å². The fraction of sp³-hybridized carbons (Fsp3) is 0.333. The van der Waals surface area contributed by atoms with E-state index in [1.54, 1.807) is 6.20 Å². The molecule has 0 saturated carbocycles. The van der Waals surface area contributed by atoms with E-state index in [0.29, 0.717) is 5.56 Å². The second kappa shape index (κ2) is 7.24. The fourth-order valence-electron chi connectivity index (χ4n) is 2.75. The van der Waals surface area contributed by atoms with E-state index in [4.69, 9.17) is 0 Å². The van der Waals surface area contributed by atoms with Crippen LogP contribution in [-0.4, -0.2) is 37.1 Å². The van der Waals surface area contributed by atoms with Crippen LogP contribution in [0.25, 0.3) is 0 Å². The molecule has 5 heteroatoms. The number of para-hydroxylation sites is 1. The minimum absolute atomic E-state index is 0.0554. The Morgan fingerprint density at radius 1 is 1.26 bits per heavy atom. The largest absolute Gasteiger partial charge is 0.348 e. The summed E-state index contributed by atoms with van der Waals surface area (Å²) < 4.78 is 0. The van der Waals surface area contributed by atoms with Crippen molar-refractivity contribution in [2.75, 3.05) is 25.0 Å². The van der Waals surface area contributed by atoms with Crippen LogP contribution in [0.1, 0.15) is 23.2 Å².